The van der Waals surface area contributed by atoms with Gasteiger partial charge in [0.15, 0.2) is 0 Å². The van der Waals surface area contributed by atoms with Crippen molar-refractivity contribution < 1.29 is 0 Å². The Morgan fingerprint density at radius 3 is 2.58 bits per heavy atom. The Bertz CT molecular complexity index is 1530. The SMILES string of the molecule is Cc1[nH]c2ccccc2c1C=Cc1nc2ccc(I)cc2c(=O)n1-c1ccc(Br)cc1. The van der Waals surface area contributed by atoms with Gasteiger partial charge in [-0.05, 0) is 90.2 Å². The van der Waals surface area contributed by atoms with Crippen LogP contribution in [0.4, 0.5) is 0 Å². The molecule has 0 unspecified atom stereocenters. The van der Waals surface area contributed by atoms with Crippen LogP contribution in [0.5, 0.6) is 0 Å². The summed E-state index contributed by atoms with van der Waals surface area (Å²) in [5, 5.41) is 1.75. The number of aromatic amines is 1. The molecular formula is C25H17BrIN3O. The predicted octanol–water partition coefficient (Wildman–Crippen LogP) is 6.71. The fraction of sp³-hybridized carbons (Fsp3) is 0.0400. The Morgan fingerprint density at radius 2 is 1.77 bits per heavy atom. The van der Waals surface area contributed by atoms with Crippen LogP contribution in [-0.2, 0) is 0 Å². The minimum absolute atomic E-state index is 0.0823. The maximum atomic E-state index is 13.5. The summed E-state index contributed by atoms with van der Waals surface area (Å²) in [6.45, 7) is 2.05. The highest BCUT2D eigenvalue weighted by Crippen LogP contribution is 2.25. The van der Waals surface area contributed by atoms with Gasteiger partial charge in [0.2, 0.25) is 0 Å². The highest BCUT2D eigenvalue weighted by atomic mass is 127. The summed E-state index contributed by atoms with van der Waals surface area (Å²) >= 11 is 5.69. The number of nitrogens with one attached hydrogen (secondary N) is 1. The van der Waals surface area contributed by atoms with Crippen LogP contribution in [0, 0.1) is 10.5 Å². The number of benzene rings is 3. The van der Waals surface area contributed by atoms with Gasteiger partial charge in [-0.1, -0.05) is 34.1 Å². The molecule has 1 N–H and O–H groups in total. The number of nitrogens with zero attached hydrogens (tertiary/aromatic N) is 2. The number of rotatable bonds is 3. The molecule has 2 heterocycles. The summed E-state index contributed by atoms with van der Waals surface area (Å²) < 4.78 is 3.63. The molecule has 6 heteroatoms. The Balaban J connectivity index is 1.75. The van der Waals surface area contributed by atoms with E-state index in [1.54, 1.807) is 4.57 Å². The van der Waals surface area contributed by atoms with Gasteiger partial charge in [-0.3, -0.25) is 9.36 Å². The van der Waals surface area contributed by atoms with Crippen molar-refractivity contribution in [3.05, 3.63) is 102 Å². The zero-order valence-corrected chi connectivity index (χ0v) is 20.3. The smallest absolute Gasteiger partial charge is 0.266 e. The molecule has 0 saturated heterocycles. The zero-order chi connectivity index (χ0) is 21.5. The largest absolute Gasteiger partial charge is 0.358 e. The third kappa shape index (κ3) is 3.74. The van der Waals surface area contributed by atoms with E-state index in [0.29, 0.717) is 16.7 Å². The molecule has 0 atom stereocenters. The zero-order valence-electron chi connectivity index (χ0n) is 16.6. The number of hydrogen-bond donors (Lipinski definition) is 1. The Morgan fingerprint density at radius 1 is 1.00 bits per heavy atom. The molecule has 0 spiro atoms. The van der Waals surface area contributed by atoms with Gasteiger partial charge in [-0.15, -0.1) is 0 Å². The fourth-order valence-corrected chi connectivity index (χ4v) is 4.55. The van der Waals surface area contributed by atoms with E-state index in [-0.39, 0.29) is 5.56 Å². The van der Waals surface area contributed by atoms with Gasteiger partial charge in [0.1, 0.15) is 5.82 Å². The standard InChI is InChI=1S/C25H17BrIN3O/c1-15-19(20-4-2-3-5-22(20)28-15)11-13-24-29-23-12-8-17(27)14-21(23)25(31)30(24)18-9-6-16(26)7-10-18/h2-14,28H,1H3. The van der Waals surface area contributed by atoms with Crippen LogP contribution in [-0.4, -0.2) is 14.5 Å². The number of halogens is 2. The lowest BCUT2D eigenvalue weighted by Crippen LogP contribution is -2.22. The first-order valence-electron chi connectivity index (χ1n) is 9.75. The monoisotopic (exact) mass is 581 g/mol. The number of para-hydroxylation sites is 1. The van der Waals surface area contributed by atoms with Crippen LogP contribution in [0.1, 0.15) is 17.1 Å². The summed E-state index contributed by atoms with van der Waals surface area (Å²) in [7, 11) is 0. The molecule has 2 aromatic heterocycles. The van der Waals surface area contributed by atoms with E-state index in [9.17, 15) is 4.79 Å². The highest BCUT2D eigenvalue weighted by Gasteiger charge is 2.12. The molecule has 0 bridgehead atoms. The lowest BCUT2D eigenvalue weighted by molar-refractivity contribution is 0.943. The van der Waals surface area contributed by atoms with E-state index < -0.39 is 0 Å². The van der Waals surface area contributed by atoms with Crippen molar-refractivity contribution in [2.45, 2.75) is 6.92 Å². The van der Waals surface area contributed by atoms with Crippen molar-refractivity contribution >= 4 is 72.5 Å². The lowest BCUT2D eigenvalue weighted by atomic mass is 10.1. The Hall–Kier alpha value is -2.71. The predicted molar refractivity (Wildman–Crippen MR) is 140 cm³/mol. The molecular weight excluding hydrogens is 565 g/mol. The van der Waals surface area contributed by atoms with E-state index in [0.717, 1.165) is 35.9 Å². The number of H-pyrrole nitrogens is 1. The summed E-state index contributed by atoms with van der Waals surface area (Å²) in [5.41, 5.74) is 4.64. The van der Waals surface area contributed by atoms with Crippen molar-refractivity contribution in [3.63, 3.8) is 0 Å². The first-order chi connectivity index (χ1) is 15.0. The molecule has 5 rings (SSSR count). The van der Waals surface area contributed by atoms with E-state index in [2.05, 4.69) is 62.6 Å². The fourth-order valence-electron chi connectivity index (χ4n) is 3.80. The maximum absolute atomic E-state index is 13.5. The van der Waals surface area contributed by atoms with Gasteiger partial charge < -0.3 is 4.98 Å². The van der Waals surface area contributed by atoms with E-state index in [4.69, 9.17) is 4.98 Å². The molecule has 0 aliphatic rings. The van der Waals surface area contributed by atoms with Gasteiger partial charge >= 0.3 is 0 Å². The van der Waals surface area contributed by atoms with Gasteiger partial charge in [0.25, 0.3) is 5.56 Å². The van der Waals surface area contributed by atoms with Crippen LogP contribution in [0.25, 0.3) is 39.6 Å². The normalized spacial score (nSPS) is 11.7. The number of aryl methyl sites for hydroxylation is 1. The van der Waals surface area contributed by atoms with E-state index in [1.807, 2.05) is 66.7 Å². The minimum atomic E-state index is -0.0823. The van der Waals surface area contributed by atoms with Gasteiger partial charge in [-0.2, -0.15) is 0 Å². The Kier molecular flexibility index (Phi) is 5.27. The summed E-state index contributed by atoms with van der Waals surface area (Å²) in [4.78, 5) is 21.7. The molecule has 0 amide bonds. The average Bonchev–Trinajstić information content (AvgIpc) is 3.09. The average molecular weight is 582 g/mol. The van der Waals surface area contributed by atoms with Crippen LogP contribution >= 0.6 is 38.5 Å². The first kappa shape index (κ1) is 20.2. The van der Waals surface area contributed by atoms with E-state index in [1.165, 1.54) is 0 Å². The molecule has 0 saturated carbocycles. The van der Waals surface area contributed by atoms with Crippen LogP contribution in [0.3, 0.4) is 0 Å². The van der Waals surface area contributed by atoms with Gasteiger partial charge in [-0.25, -0.2) is 4.98 Å². The molecule has 0 fully saturated rings. The van der Waals surface area contributed by atoms with E-state index >= 15 is 0 Å². The molecule has 0 radical (unpaired) electrons. The maximum Gasteiger partial charge on any atom is 0.266 e. The third-order valence-electron chi connectivity index (χ3n) is 5.28. The van der Waals surface area contributed by atoms with Crippen molar-refractivity contribution in [1.82, 2.24) is 14.5 Å². The third-order valence-corrected chi connectivity index (χ3v) is 6.48. The molecule has 152 valence electrons. The molecule has 0 aliphatic carbocycles. The van der Waals surface area contributed by atoms with Crippen LogP contribution in [0.15, 0.2) is 76.0 Å². The molecule has 0 aliphatic heterocycles. The van der Waals surface area contributed by atoms with Crippen molar-refractivity contribution in [2.24, 2.45) is 0 Å². The van der Waals surface area contributed by atoms with Gasteiger partial charge in [0, 0.05) is 30.2 Å². The summed E-state index contributed by atoms with van der Waals surface area (Å²) in [6.07, 6.45) is 3.95. The molecule has 31 heavy (non-hydrogen) atoms. The summed E-state index contributed by atoms with van der Waals surface area (Å²) in [5.74, 6) is 0.589. The minimum Gasteiger partial charge on any atom is -0.358 e. The topological polar surface area (TPSA) is 50.7 Å². The second-order valence-electron chi connectivity index (χ2n) is 7.29. The number of fused-ring (bicyclic) bond motifs is 2. The van der Waals surface area contributed by atoms with Crippen molar-refractivity contribution in [2.75, 3.05) is 0 Å². The van der Waals surface area contributed by atoms with Crippen molar-refractivity contribution in [1.29, 1.82) is 0 Å². The molecule has 3 aromatic carbocycles. The highest BCUT2D eigenvalue weighted by molar-refractivity contribution is 14.1. The molecule has 4 nitrogen and oxygen atoms in total. The second-order valence-corrected chi connectivity index (χ2v) is 9.45. The lowest BCUT2D eigenvalue weighted by Gasteiger charge is -2.12. The van der Waals surface area contributed by atoms with Crippen molar-refractivity contribution in [3.8, 4) is 5.69 Å². The summed E-state index contributed by atoms with van der Waals surface area (Å²) in [6, 6.07) is 21.7. The van der Waals surface area contributed by atoms with Crippen LogP contribution < -0.4 is 5.56 Å². The first-order valence-corrected chi connectivity index (χ1v) is 11.6. The molecule has 5 aromatic rings. The number of aromatic nitrogens is 3. The van der Waals surface area contributed by atoms with Crippen LogP contribution in [0.2, 0.25) is 0 Å². The Labute approximate surface area is 200 Å². The quantitative estimate of drug-likeness (QED) is 0.241. The van der Waals surface area contributed by atoms with Gasteiger partial charge in [0.05, 0.1) is 16.6 Å². The number of hydrogen-bond acceptors (Lipinski definition) is 2. The second kappa shape index (κ2) is 8.09.